The second kappa shape index (κ2) is 6.34. The number of aliphatic imine (C=N–C) groups is 1. The number of hydrogen-bond donors (Lipinski definition) is 0. The summed E-state index contributed by atoms with van der Waals surface area (Å²) in [4.78, 5) is 4.54. The molecule has 1 unspecified atom stereocenters. The van der Waals surface area contributed by atoms with Crippen molar-refractivity contribution in [3.05, 3.63) is 69.3 Å². The Bertz CT molecular complexity index is 730. The van der Waals surface area contributed by atoms with Gasteiger partial charge in [0.15, 0.2) is 0 Å². The average molecular weight is 395 g/mol. The van der Waals surface area contributed by atoms with E-state index in [0.717, 1.165) is 6.42 Å². The zero-order valence-electron chi connectivity index (χ0n) is 11.2. The average Bonchev–Trinajstić information content (AvgIpc) is 2.96. The van der Waals surface area contributed by atoms with E-state index >= 15 is 0 Å². The highest BCUT2D eigenvalue weighted by atomic mass is 127. The molecule has 0 spiro atoms. The lowest BCUT2D eigenvalue weighted by molar-refractivity contribution is 0.317. The van der Waals surface area contributed by atoms with E-state index in [1.165, 1.54) is 5.56 Å². The van der Waals surface area contributed by atoms with Crippen LogP contribution in [0.2, 0.25) is 0 Å². The highest BCUT2D eigenvalue weighted by Crippen LogP contribution is 2.25. The fourth-order valence-corrected chi connectivity index (χ4v) is 3.71. The molecule has 0 radical (unpaired) electrons. The quantitative estimate of drug-likeness (QED) is 0.746. The lowest BCUT2D eigenvalue weighted by Gasteiger charge is -2.04. The number of ether oxygens (including phenoxy) is 1. The highest BCUT2D eigenvalue weighted by Gasteiger charge is 2.23. The van der Waals surface area contributed by atoms with Gasteiger partial charge >= 0.3 is 19.8 Å². The van der Waals surface area contributed by atoms with Crippen molar-refractivity contribution >= 4 is 25.7 Å². The van der Waals surface area contributed by atoms with E-state index in [1.54, 1.807) is 24.3 Å². The minimum Gasteiger partial charge on any atom is -0.475 e. The molecule has 0 amide bonds. The Balaban J connectivity index is 1.83. The van der Waals surface area contributed by atoms with Crippen LogP contribution < -0.4 is 0 Å². The fraction of sp³-hybridized carbons (Fsp3) is 0.188. The fourth-order valence-electron chi connectivity index (χ4n) is 2.32. The third-order valence-electron chi connectivity index (χ3n) is 3.30. The van der Waals surface area contributed by atoms with E-state index in [0.29, 0.717) is 21.6 Å². The zero-order chi connectivity index (χ0) is 14.7. The van der Waals surface area contributed by atoms with Crippen molar-refractivity contribution in [3.63, 3.8) is 0 Å². The van der Waals surface area contributed by atoms with Gasteiger partial charge in [-0.15, -0.1) is 0 Å². The zero-order valence-corrected chi connectivity index (χ0v) is 13.4. The van der Waals surface area contributed by atoms with Gasteiger partial charge in [-0.1, -0.05) is 42.5 Å². The largest absolute Gasteiger partial charge is 0.475 e. The van der Waals surface area contributed by atoms with Crippen LogP contribution in [0.25, 0.3) is 0 Å². The van der Waals surface area contributed by atoms with E-state index < -0.39 is 19.8 Å². The van der Waals surface area contributed by atoms with E-state index in [4.69, 9.17) is 4.74 Å². The van der Waals surface area contributed by atoms with Crippen molar-refractivity contribution in [2.75, 3.05) is 6.61 Å². The minimum atomic E-state index is -3.55. The predicted octanol–water partition coefficient (Wildman–Crippen LogP) is 3.44. The van der Waals surface area contributed by atoms with Crippen LogP contribution in [-0.2, 0) is 17.3 Å². The van der Waals surface area contributed by atoms with Crippen LogP contribution >= 0.6 is 19.8 Å². The van der Waals surface area contributed by atoms with Crippen LogP contribution in [0.3, 0.4) is 0 Å². The van der Waals surface area contributed by atoms with Gasteiger partial charge in [0.2, 0.25) is 5.90 Å². The molecule has 5 heteroatoms. The van der Waals surface area contributed by atoms with Crippen molar-refractivity contribution in [2.45, 2.75) is 12.5 Å². The molecule has 21 heavy (non-hydrogen) atoms. The molecule has 1 aliphatic rings. The van der Waals surface area contributed by atoms with Crippen LogP contribution in [0.5, 0.6) is 0 Å². The van der Waals surface area contributed by atoms with E-state index in [2.05, 4.69) is 17.1 Å². The van der Waals surface area contributed by atoms with Crippen molar-refractivity contribution in [3.8, 4) is 0 Å². The third kappa shape index (κ3) is 3.29. The molecule has 0 saturated carbocycles. The van der Waals surface area contributed by atoms with Crippen LogP contribution in [0.4, 0.5) is 0 Å². The molecule has 2 aromatic carbocycles. The SMILES string of the molecule is O=I(=O)c1ccccc1C1=NC(Cc2ccccc2)CO1. The lowest BCUT2D eigenvalue weighted by atomic mass is 10.1. The predicted molar refractivity (Wildman–Crippen MR) is 87.0 cm³/mol. The second-order valence-corrected chi connectivity index (χ2v) is 7.19. The van der Waals surface area contributed by atoms with Crippen molar-refractivity contribution < 1.29 is 10.9 Å². The molecule has 108 valence electrons. The van der Waals surface area contributed by atoms with Gasteiger partial charge < -0.3 is 4.74 Å². The maximum Gasteiger partial charge on any atom is 0.341 e. The Morgan fingerprint density at radius 1 is 1.05 bits per heavy atom. The van der Waals surface area contributed by atoms with E-state index in [-0.39, 0.29) is 6.04 Å². The number of hydrogen-bond acceptors (Lipinski definition) is 4. The molecule has 0 bridgehead atoms. The summed E-state index contributed by atoms with van der Waals surface area (Å²) in [5, 5.41) is 0. The van der Waals surface area contributed by atoms with Gasteiger partial charge in [-0.25, -0.2) is 11.1 Å². The van der Waals surface area contributed by atoms with E-state index in [9.17, 15) is 6.14 Å². The number of nitrogens with zero attached hydrogens (tertiary/aromatic N) is 1. The summed E-state index contributed by atoms with van der Waals surface area (Å²) in [6, 6.07) is 17.0. The van der Waals surface area contributed by atoms with Crippen LogP contribution in [0, 0.1) is 3.57 Å². The summed E-state index contributed by atoms with van der Waals surface area (Å²) in [5.41, 5.74) is 1.79. The number of benzene rings is 2. The maximum atomic E-state index is 11.4. The summed E-state index contributed by atoms with van der Waals surface area (Å²) < 4.78 is 28.7. The molecule has 0 aliphatic carbocycles. The lowest BCUT2D eigenvalue weighted by Crippen LogP contribution is -2.09. The third-order valence-corrected chi connectivity index (χ3v) is 5.19. The summed E-state index contributed by atoms with van der Waals surface area (Å²) >= 11 is -3.55. The molecular weight excluding hydrogens is 381 g/mol. The first-order chi connectivity index (χ1) is 10.2. The summed E-state index contributed by atoms with van der Waals surface area (Å²) in [6.45, 7) is 0.491. The van der Waals surface area contributed by atoms with Gasteiger partial charge in [-0.3, -0.25) is 0 Å². The number of rotatable bonds is 4. The first kappa shape index (κ1) is 14.2. The van der Waals surface area contributed by atoms with Crippen molar-refractivity contribution in [2.24, 2.45) is 4.99 Å². The van der Waals surface area contributed by atoms with Crippen LogP contribution in [0.15, 0.2) is 59.6 Å². The Kier molecular flexibility index (Phi) is 4.28. The van der Waals surface area contributed by atoms with Gasteiger partial charge in [-0.05, 0) is 24.1 Å². The highest BCUT2D eigenvalue weighted by molar-refractivity contribution is 14.2. The Morgan fingerprint density at radius 3 is 2.52 bits per heavy atom. The molecule has 1 aliphatic heterocycles. The van der Waals surface area contributed by atoms with Crippen molar-refractivity contribution in [1.29, 1.82) is 0 Å². The molecule has 0 N–H and O–H groups in total. The monoisotopic (exact) mass is 395 g/mol. The molecule has 1 atom stereocenters. The van der Waals surface area contributed by atoms with Crippen LogP contribution in [-0.4, -0.2) is 18.5 Å². The molecule has 0 fully saturated rings. The number of halogens is 1. The first-order valence-corrected chi connectivity index (χ1v) is 9.47. The summed E-state index contributed by atoms with van der Waals surface area (Å²) in [6.07, 6.45) is 0.795. The Hall–Kier alpha value is -1.76. The first-order valence-electron chi connectivity index (χ1n) is 6.63. The standard InChI is InChI=1S/C16H14INO3/c19-17(20)15-9-5-4-8-14(15)16-18-13(11-21-16)10-12-6-2-1-3-7-12/h1-9,13H,10-11H2. The maximum absolute atomic E-state index is 11.4. The Morgan fingerprint density at radius 2 is 1.76 bits per heavy atom. The molecule has 0 saturated heterocycles. The van der Waals surface area contributed by atoms with Gasteiger partial charge in [-0.2, -0.15) is 0 Å². The normalized spacial score (nSPS) is 17.6. The molecule has 4 nitrogen and oxygen atoms in total. The molecule has 3 rings (SSSR count). The summed E-state index contributed by atoms with van der Waals surface area (Å²) in [5.74, 6) is 0.445. The second-order valence-electron chi connectivity index (χ2n) is 4.79. The van der Waals surface area contributed by atoms with Crippen LogP contribution in [0.1, 0.15) is 11.1 Å². The van der Waals surface area contributed by atoms with Gasteiger partial charge in [0.1, 0.15) is 6.61 Å². The topological polar surface area (TPSA) is 55.7 Å². The molecule has 1 heterocycles. The van der Waals surface area contributed by atoms with Gasteiger partial charge in [0.05, 0.1) is 15.2 Å². The summed E-state index contributed by atoms with van der Waals surface area (Å²) in [7, 11) is 0. The van der Waals surface area contributed by atoms with Gasteiger partial charge in [0, 0.05) is 0 Å². The Labute approximate surface area is 130 Å². The smallest absolute Gasteiger partial charge is 0.341 e. The van der Waals surface area contributed by atoms with E-state index in [1.807, 2.05) is 18.2 Å². The minimum absolute atomic E-state index is 0.0380. The molecule has 0 aromatic heterocycles. The molecular formula is C16H14INO3. The molecule has 2 aromatic rings. The van der Waals surface area contributed by atoms with Gasteiger partial charge in [0.25, 0.3) is 0 Å². The van der Waals surface area contributed by atoms with Crippen molar-refractivity contribution in [1.82, 2.24) is 0 Å².